The summed E-state index contributed by atoms with van der Waals surface area (Å²) in [5, 5.41) is 10.5. The number of amides is 1. The number of likely N-dealkylation sites (N-methyl/N-ethyl adjacent to an activating group) is 1. The summed E-state index contributed by atoms with van der Waals surface area (Å²) in [5.74, 6) is 0.134. The third kappa shape index (κ3) is 2.45. The van der Waals surface area contributed by atoms with E-state index in [1.54, 1.807) is 4.90 Å². The van der Waals surface area contributed by atoms with Gasteiger partial charge in [-0.1, -0.05) is 42.0 Å². The fourth-order valence-electron chi connectivity index (χ4n) is 2.95. The number of benzene rings is 2. The van der Waals surface area contributed by atoms with Crippen molar-refractivity contribution in [3.63, 3.8) is 0 Å². The number of anilines is 1. The molecule has 1 amide bonds. The molecule has 1 aliphatic rings. The maximum Gasteiger partial charge on any atom is 0.231 e. The minimum atomic E-state index is -0.652. The van der Waals surface area contributed by atoms with E-state index in [1.165, 1.54) is 0 Å². The zero-order valence-electron chi connectivity index (χ0n) is 12.3. The monoisotopic (exact) mass is 281 g/mol. The van der Waals surface area contributed by atoms with Crippen LogP contribution in [0.15, 0.2) is 42.5 Å². The van der Waals surface area contributed by atoms with Crippen LogP contribution in [0, 0.1) is 6.92 Å². The van der Waals surface area contributed by atoms with E-state index in [0.717, 1.165) is 27.9 Å². The number of aliphatic hydroxyl groups excluding tert-OH is 1. The van der Waals surface area contributed by atoms with Gasteiger partial charge in [0.25, 0.3) is 0 Å². The first-order valence-electron chi connectivity index (χ1n) is 7.28. The molecule has 1 N–H and O–H groups in total. The molecule has 1 aliphatic heterocycles. The first-order chi connectivity index (χ1) is 10.1. The zero-order chi connectivity index (χ0) is 15.0. The van der Waals surface area contributed by atoms with Gasteiger partial charge in [0.05, 0.1) is 6.42 Å². The molecule has 2 aromatic rings. The van der Waals surface area contributed by atoms with Crippen LogP contribution in [0.5, 0.6) is 0 Å². The van der Waals surface area contributed by atoms with Crippen molar-refractivity contribution >= 4 is 11.6 Å². The lowest BCUT2D eigenvalue weighted by Crippen LogP contribution is -2.25. The van der Waals surface area contributed by atoms with E-state index < -0.39 is 6.10 Å². The molecular weight excluding hydrogens is 262 g/mol. The molecule has 108 valence electrons. The minimum Gasteiger partial charge on any atom is -0.384 e. The van der Waals surface area contributed by atoms with Crippen LogP contribution in [0.2, 0.25) is 0 Å². The third-order valence-electron chi connectivity index (χ3n) is 4.03. The predicted octanol–water partition coefficient (Wildman–Crippen LogP) is 2.99. The molecular formula is C18H19NO2. The SMILES string of the molecule is CCN1C(=O)Cc2cc(C(O)c3cccc(C)c3)ccc21. The first kappa shape index (κ1) is 13.8. The number of nitrogens with zero attached hydrogens (tertiary/aromatic N) is 1. The standard InChI is InChI=1S/C18H19NO2/c1-3-19-16-8-7-14(10-15(16)11-17(19)20)18(21)13-6-4-5-12(2)9-13/h4-10,18,21H,3,11H2,1-2H3. The summed E-state index contributed by atoms with van der Waals surface area (Å²) >= 11 is 0. The summed E-state index contributed by atoms with van der Waals surface area (Å²) in [5.41, 5.74) is 4.82. The average Bonchev–Trinajstić information content (AvgIpc) is 2.80. The molecule has 0 saturated heterocycles. The highest BCUT2D eigenvalue weighted by atomic mass is 16.3. The van der Waals surface area contributed by atoms with E-state index in [1.807, 2.05) is 56.3 Å². The molecule has 1 unspecified atom stereocenters. The predicted molar refractivity (Wildman–Crippen MR) is 83.4 cm³/mol. The van der Waals surface area contributed by atoms with Gasteiger partial charge in [-0.15, -0.1) is 0 Å². The molecule has 3 rings (SSSR count). The molecule has 0 saturated carbocycles. The van der Waals surface area contributed by atoms with E-state index in [-0.39, 0.29) is 5.91 Å². The lowest BCUT2D eigenvalue weighted by molar-refractivity contribution is -0.117. The Kier molecular flexibility index (Phi) is 3.52. The number of carbonyl (C=O) groups excluding carboxylic acids is 1. The molecule has 0 fully saturated rings. The van der Waals surface area contributed by atoms with E-state index in [0.29, 0.717) is 13.0 Å². The van der Waals surface area contributed by atoms with Crippen molar-refractivity contribution in [1.29, 1.82) is 0 Å². The number of hydrogen-bond donors (Lipinski definition) is 1. The number of fused-ring (bicyclic) bond motifs is 1. The molecule has 0 aromatic heterocycles. The van der Waals surface area contributed by atoms with Gasteiger partial charge in [0.2, 0.25) is 5.91 Å². The van der Waals surface area contributed by atoms with Gasteiger partial charge in [0.1, 0.15) is 6.10 Å². The second-order valence-electron chi connectivity index (χ2n) is 5.52. The second-order valence-corrected chi connectivity index (χ2v) is 5.52. The van der Waals surface area contributed by atoms with Gasteiger partial charge in [-0.25, -0.2) is 0 Å². The molecule has 1 atom stereocenters. The number of aryl methyl sites for hydroxylation is 1. The molecule has 2 aromatic carbocycles. The minimum absolute atomic E-state index is 0.134. The van der Waals surface area contributed by atoms with Gasteiger partial charge in [0.15, 0.2) is 0 Å². The Morgan fingerprint density at radius 1 is 1.19 bits per heavy atom. The van der Waals surface area contributed by atoms with Crippen molar-refractivity contribution in [2.75, 3.05) is 11.4 Å². The maximum atomic E-state index is 11.9. The number of rotatable bonds is 3. The molecule has 0 bridgehead atoms. The summed E-state index contributed by atoms with van der Waals surface area (Å²) < 4.78 is 0. The second kappa shape index (κ2) is 5.34. The summed E-state index contributed by atoms with van der Waals surface area (Å²) in [6, 6.07) is 13.7. The van der Waals surface area contributed by atoms with E-state index >= 15 is 0 Å². The molecule has 0 spiro atoms. The Hall–Kier alpha value is -2.13. The van der Waals surface area contributed by atoms with Crippen LogP contribution in [0.25, 0.3) is 0 Å². The normalized spacial score (nSPS) is 15.2. The fraction of sp³-hybridized carbons (Fsp3) is 0.278. The van der Waals surface area contributed by atoms with Crippen molar-refractivity contribution in [2.45, 2.75) is 26.4 Å². The van der Waals surface area contributed by atoms with Gasteiger partial charge >= 0.3 is 0 Å². The van der Waals surface area contributed by atoms with Crippen LogP contribution < -0.4 is 4.90 Å². The Morgan fingerprint density at radius 3 is 2.67 bits per heavy atom. The van der Waals surface area contributed by atoms with Crippen LogP contribution in [0.4, 0.5) is 5.69 Å². The summed E-state index contributed by atoms with van der Waals surface area (Å²) in [4.78, 5) is 13.7. The van der Waals surface area contributed by atoms with Crippen molar-refractivity contribution < 1.29 is 9.90 Å². The van der Waals surface area contributed by atoms with Crippen molar-refractivity contribution in [1.82, 2.24) is 0 Å². The lowest BCUT2D eigenvalue weighted by atomic mass is 9.98. The van der Waals surface area contributed by atoms with Gasteiger partial charge in [0, 0.05) is 12.2 Å². The Labute approximate surface area is 124 Å². The molecule has 3 heteroatoms. The molecule has 21 heavy (non-hydrogen) atoms. The molecule has 3 nitrogen and oxygen atoms in total. The quantitative estimate of drug-likeness (QED) is 0.939. The molecule has 1 heterocycles. The van der Waals surface area contributed by atoms with Gasteiger partial charge in [-0.2, -0.15) is 0 Å². The largest absolute Gasteiger partial charge is 0.384 e. The van der Waals surface area contributed by atoms with Crippen LogP contribution >= 0.6 is 0 Å². The van der Waals surface area contributed by atoms with Crippen LogP contribution in [-0.2, 0) is 11.2 Å². The maximum absolute atomic E-state index is 11.9. The number of aliphatic hydroxyl groups is 1. The number of hydrogen-bond acceptors (Lipinski definition) is 2. The van der Waals surface area contributed by atoms with Gasteiger partial charge in [-0.3, -0.25) is 4.79 Å². The molecule has 0 aliphatic carbocycles. The zero-order valence-corrected chi connectivity index (χ0v) is 12.3. The van der Waals surface area contributed by atoms with Crippen LogP contribution in [-0.4, -0.2) is 17.6 Å². The smallest absolute Gasteiger partial charge is 0.231 e. The van der Waals surface area contributed by atoms with Crippen molar-refractivity contribution in [3.05, 3.63) is 64.7 Å². The third-order valence-corrected chi connectivity index (χ3v) is 4.03. The van der Waals surface area contributed by atoms with Crippen LogP contribution in [0.1, 0.15) is 35.3 Å². The van der Waals surface area contributed by atoms with Crippen molar-refractivity contribution in [3.8, 4) is 0 Å². The first-order valence-corrected chi connectivity index (χ1v) is 7.28. The van der Waals surface area contributed by atoms with Gasteiger partial charge in [-0.05, 0) is 36.6 Å². The Bertz CT molecular complexity index is 693. The van der Waals surface area contributed by atoms with Gasteiger partial charge < -0.3 is 10.0 Å². The van der Waals surface area contributed by atoms with E-state index in [9.17, 15) is 9.90 Å². The topological polar surface area (TPSA) is 40.5 Å². The summed E-state index contributed by atoms with van der Waals surface area (Å²) in [6.07, 6.45) is -0.224. The highest BCUT2D eigenvalue weighted by molar-refractivity contribution is 6.01. The van der Waals surface area contributed by atoms with Crippen molar-refractivity contribution in [2.24, 2.45) is 0 Å². The lowest BCUT2D eigenvalue weighted by Gasteiger charge is -2.16. The highest BCUT2D eigenvalue weighted by Crippen LogP contribution is 2.32. The Morgan fingerprint density at radius 2 is 1.95 bits per heavy atom. The summed E-state index contributed by atoms with van der Waals surface area (Å²) in [7, 11) is 0. The van der Waals surface area contributed by atoms with Crippen LogP contribution in [0.3, 0.4) is 0 Å². The summed E-state index contributed by atoms with van der Waals surface area (Å²) in [6.45, 7) is 4.67. The highest BCUT2D eigenvalue weighted by Gasteiger charge is 2.26. The molecule has 0 radical (unpaired) electrons. The number of carbonyl (C=O) groups is 1. The Balaban J connectivity index is 1.95. The van der Waals surface area contributed by atoms with E-state index in [4.69, 9.17) is 0 Å². The van der Waals surface area contributed by atoms with E-state index in [2.05, 4.69) is 0 Å². The fourth-order valence-corrected chi connectivity index (χ4v) is 2.95. The average molecular weight is 281 g/mol.